The summed E-state index contributed by atoms with van der Waals surface area (Å²) in [4.78, 5) is 0. The quantitative estimate of drug-likeness (QED) is 0.870. The molecule has 0 aliphatic carbocycles. The molecule has 0 heterocycles. The molecular weight excluding hydrogens is 312 g/mol. The van der Waals surface area contributed by atoms with Gasteiger partial charge in [0.25, 0.3) is 0 Å². The third-order valence-electron chi connectivity index (χ3n) is 2.96. The first-order valence-corrected chi connectivity index (χ1v) is 7.32. The monoisotopic (exact) mass is 327 g/mol. The number of halogens is 3. The molecule has 0 fully saturated rings. The van der Waals surface area contributed by atoms with Crippen molar-refractivity contribution in [2.24, 2.45) is 5.73 Å². The van der Waals surface area contributed by atoms with Crippen LogP contribution in [0.5, 0.6) is 5.75 Å². The van der Waals surface area contributed by atoms with Crippen molar-refractivity contribution in [2.75, 3.05) is 0 Å². The molecule has 0 saturated heterocycles. The Morgan fingerprint density at radius 3 is 2.62 bits per heavy atom. The molecule has 0 spiro atoms. The maximum absolute atomic E-state index is 13.4. The summed E-state index contributed by atoms with van der Waals surface area (Å²) in [6, 6.07) is 10.1. The van der Waals surface area contributed by atoms with Crippen LogP contribution < -0.4 is 10.5 Å². The molecule has 1 unspecified atom stereocenters. The Bertz CT molecular complexity index is 632. The molecule has 0 aromatic heterocycles. The lowest BCUT2D eigenvalue weighted by Crippen LogP contribution is -2.18. The van der Waals surface area contributed by atoms with E-state index in [1.165, 1.54) is 12.1 Å². The summed E-state index contributed by atoms with van der Waals surface area (Å²) in [6.07, 6.45) is 0.658. The fourth-order valence-electron chi connectivity index (χ4n) is 2.01. The molecule has 1 atom stereocenters. The zero-order chi connectivity index (χ0) is 15.4. The average Bonchev–Trinajstić information content (AvgIpc) is 2.41. The maximum atomic E-state index is 13.4. The van der Waals surface area contributed by atoms with E-state index in [9.17, 15) is 4.39 Å². The number of para-hydroxylation sites is 1. The van der Waals surface area contributed by atoms with Crippen molar-refractivity contribution in [3.63, 3.8) is 0 Å². The van der Waals surface area contributed by atoms with E-state index in [1.807, 2.05) is 19.1 Å². The minimum absolute atomic E-state index is 0.00112. The summed E-state index contributed by atoms with van der Waals surface area (Å²) in [5, 5.41) is 0.608. The molecule has 0 aliphatic heterocycles. The molecule has 0 amide bonds. The third kappa shape index (κ3) is 4.34. The molecule has 2 nitrogen and oxygen atoms in total. The van der Waals surface area contributed by atoms with Crippen molar-refractivity contribution < 1.29 is 9.13 Å². The maximum Gasteiger partial charge on any atom is 0.142 e. The summed E-state index contributed by atoms with van der Waals surface area (Å²) >= 11 is 11.8. The smallest absolute Gasteiger partial charge is 0.142 e. The molecule has 112 valence electrons. The van der Waals surface area contributed by atoms with Crippen LogP contribution in [0, 0.1) is 5.82 Å². The summed E-state index contributed by atoms with van der Waals surface area (Å²) in [6.45, 7) is 2.13. The highest BCUT2D eigenvalue weighted by Crippen LogP contribution is 2.30. The van der Waals surface area contributed by atoms with Crippen LogP contribution in [0.15, 0.2) is 36.4 Å². The van der Waals surface area contributed by atoms with E-state index in [-0.39, 0.29) is 17.7 Å². The average molecular weight is 328 g/mol. The van der Waals surface area contributed by atoms with E-state index in [1.54, 1.807) is 12.1 Å². The number of hydrogen-bond donors (Lipinski definition) is 1. The normalized spacial score (nSPS) is 12.2. The predicted molar refractivity (Wildman–Crippen MR) is 84.5 cm³/mol. The molecule has 2 N–H and O–H groups in total. The number of nitrogens with two attached hydrogens (primary N) is 1. The largest absolute Gasteiger partial charge is 0.487 e. The molecule has 2 aromatic rings. The van der Waals surface area contributed by atoms with Crippen molar-refractivity contribution in [2.45, 2.75) is 26.0 Å². The minimum Gasteiger partial charge on any atom is -0.487 e. The van der Waals surface area contributed by atoms with Gasteiger partial charge >= 0.3 is 0 Å². The second kappa shape index (κ2) is 7.12. The van der Waals surface area contributed by atoms with Gasteiger partial charge in [-0.05, 0) is 42.7 Å². The van der Waals surface area contributed by atoms with Crippen LogP contribution in [0.2, 0.25) is 10.0 Å². The first-order chi connectivity index (χ1) is 9.97. The molecular formula is C16H16Cl2FNO. The third-order valence-corrected chi connectivity index (χ3v) is 3.56. The lowest BCUT2D eigenvalue weighted by atomic mass is 10.1. The SMILES string of the molecule is CC(N)Cc1cccc(Cl)c1OCc1ccc(Cl)c(F)c1. The van der Waals surface area contributed by atoms with E-state index in [0.29, 0.717) is 22.8 Å². The van der Waals surface area contributed by atoms with Crippen LogP contribution in [0.25, 0.3) is 0 Å². The predicted octanol–water partition coefficient (Wildman–Crippen LogP) is 4.60. The molecule has 0 radical (unpaired) electrons. The number of benzene rings is 2. The van der Waals surface area contributed by atoms with Crippen LogP contribution in [0.4, 0.5) is 4.39 Å². The van der Waals surface area contributed by atoms with Crippen LogP contribution in [-0.4, -0.2) is 6.04 Å². The van der Waals surface area contributed by atoms with Crippen LogP contribution in [0.1, 0.15) is 18.1 Å². The molecule has 0 saturated carbocycles. The van der Waals surface area contributed by atoms with Gasteiger partial charge in [-0.1, -0.05) is 41.4 Å². The topological polar surface area (TPSA) is 35.2 Å². The number of hydrogen-bond acceptors (Lipinski definition) is 2. The van der Waals surface area contributed by atoms with E-state index in [2.05, 4.69) is 0 Å². The first kappa shape index (κ1) is 16.1. The lowest BCUT2D eigenvalue weighted by Gasteiger charge is -2.14. The minimum atomic E-state index is -0.465. The van der Waals surface area contributed by atoms with Crippen molar-refractivity contribution in [3.8, 4) is 5.75 Å². The standard InChI is InChI=1S/C16H16Cl2FNO/c1-10(20)7-12-3-2-4-14(18)16(12)21-9-11-5-6-13(17)15(19)8-11/h2-6,8,10H,7,9,20H2,1H3. The Labute approximate surface area is 133 Å². The summed E-state index contributed by atoms with van der Waals surface area (Å²) in [5.41, 5.74) is 7.45. The van der Waals surface area contributed by atoms with E-state index in [0.717, 1.165) is 5.56 Å². The van der Waals surface area contributed by atoms with Gasteiger partial charge in [-0.3, -0.25) is 0 Å². The van der Waals surface area contributed by atoms with Crippen molar-refractivity contribution in [1.82, 2.24) is 0 Å². The second-order valence-electron chi connectivity index (χ2n) is 4.95. The second-order valence-corrected chi connectivity index (χ2v) is 5.76. The van der Waals surface area contributed by atoms with Gasteiger partial charge in [0, 0.05) is 6.04 Å². The van der Waals surface area contributed by atoms with Crippen molar-refractivity contribution in [1.29, 1.82) is 0 Å². The lowest BCUT2D eigenvalue weighted by molar-refractivity contribution is 0.302. The van der Waals surface area contributed by atoms with Gasteiger partial charge in [0.2, 0.25) is 0 Å². The Kier molecular flexibility index (Phi) is 5.45. The van der Waals surface area contributed by atoms with Gasteiger partial charge in [-0.25, -0.2) is 4.39 Å². The van der Waals surface area contributed by atoms with Gasteiger partial charge < -0.3 is 10.5 Å². The zero-order valence-corrected chi connectivity index (χ0v) is 13.1. The fraction of sp³-hybridized carbons (Fsp3) is 0.250. The molecule has 0 bridgehead atoms. The van der Waals surface area contributed by atoms with Gasteiger partial charge in [-0.2, -0.15) is 0 Å². The van der Waals surface area contributed by atoms with Crippen LogP contribution in [0.3, 0.4) is 0 Å². The highest BCUT2D eigenvalue weighted by molar-refractivity contribution is 6.32. The van der Waals surface area contributed by atoms with Gasteiger partial charge in [0.15, 0.2) is 0 Å². The highest BCUT2D eigenvalue weighted by atomic mass is 35.5. The Morgan fingerprint density at radius 2 is 1.95 bits per heavy atom. The molecule has 21 heavy (non-hydrogen) atoms. The Hall–Kier alpha value is -1.29. The highest BCUT2D eigenvalue weighted by Gasteiger charge is 2.11. The summed E-state index contributed by atoms with van der Waals surface area (Å²) < 4.78 is 19.2. The molecule has 0 aliphatic rings. The zero-order valence-electron chi connectivity index (χ0n) is 11.6. The summed E-state index contributed by atoms with van der Waals surface area (Å²) in [7, 11) is 0. The van der Waals surface area contributed by atoms with E-state index < -0.39 is 5.82 Å². The number of rotatable bonds is 5. The Balaban J connectivity index is 2.17. The van der Waals surface area contributed by atoms with Crippen LogP contribution >= 0.6 is 23.2 Å². The Morgan fingerprint density at radius 1 is 1.19 bits per heavy atom. The summed E-state index contributed by atoms with van der Waals surface area (Å²) in [5.74, 6) is 0.125. The fourth-order valence-corrected chi connectivity index (χ4v) is 2.37. The molecule has 2 aromatic carbocycles. The van der Waals surface area contributed by atoms with Gasteiger partial charge in [0.1, 0.15) is 18.2 Å². The van der Waals surface area contributed by atoms with Crippen LogP contribution in [-0.2, 0) is 13.0 Å². The molecule has 5 heteroatoms. The van der Waals surface area contributed by atoms with Gasteiger partial charge in [0.05, 0.1) is 10.0 Å². The van der Waals surface area contributed by atoms with Gasteiger partial charge in [-0.15, -0.1) is 0 Å². The van der Waals surface area contributed by atoms with E-state index >= 15 is 0 Å². The van der Waals surface area contributed by atoms with Crippen molar-refractivity contribution in [3.05, 3.63) is 63.4 Å². The first-order valence-electron chi connectivity index (χ1n) is 6.57. The molecule has 2 rings (SSSR count). The van der Waals surface area contributed by atoms with E-state index in [4.69, 9.17) is 33.7 Å². The van der Waals surface area contributed by atoms with Crippen molar-refractivity contribution >= 4 is 23.2 Å². The number of ether oxygens (including phenoxy) is 1.